The van der Waals surface area contributed by atoms with E-state index in [0.717, 1.165) is 6.42 Å². The van der Waals surface area contributed by atoms with Gasteiger partial charge in [0.25, 0.3) is 0 Å². The third kappa shape index (κ3) is 3.72. The van der Waals surface area contributed by atoms with E-state index in [1.165, 1.54) is 0 Å². The van der Waals surface area contributed by atoms with Crippen LogP contribution in [-0.2, 0) is 9.47 Å². The topological polar surface area (TPSA) is 58.9 Å². The molecule has 1 aliphatic heterocycles. The molecule has 0 bridgehead atoms. The molecule has 2 N–H and O–H groups in total. The number of ether oxygens (including phenoxy) is 2. The predicted octanol–water partition coefficient (Wildman–Crippen LogP) is 0.558. The molecule has 1 rings (SSSR count). The maximum atomic E-state index is 9.61. The van der Waals surface area contributed by atoms with Crippen LogP contribution in [-0.4, -0.2) is 47.8 Å². The van der Waals surface area contributed by atoms with E-state index in [4.69, 9.17) is 14.6 Å². The van der Waals surface area contributed by atoms with Crippen LogP contribution in [0, 0.1) is 5.92 Å². The largest absolute Gasteiger partial charge is 0.394 e. The van der Waals surface area contributed by atoms with Gasteiger partial charge < -0.3 is 19.7 Å². The standard InChI is InChI=1S/C11H22O4/c1-7(2)4-8(3)15-11-9(13)6-14-10(11)5-12/h7-13H,4-6H2,1-3H3/t8-,9-,10+,11+/m1/s1. The normalized spacial score (nSPS) is 33.6. The monoisotopic (exact) mass is 218 g/mol. The highest BCUT2D eigenvalue weighted by Gasteiger charge is 2.37. The molecule has 1 fully saturated rings. The molecule has 15 heavy (non-hydrogen) atoms. The minimum Gasteiger partial charge on any atom is -0.394 e. The molecule has 1 heterocycles. The zero-order valence-corrected chi connectivity index (χ0v) is 9.72. The van der Waals surface area contributed by atoms with Crippen LogP contribution >= 0.6 is 0 Å². The van der Waals surface area contributed by atoms with Gasteiger partial charge in [-0.25, -0.2) is 0 Å². The van der Waals surface area contributed by atoms with Crippen molar-refractivity contribution in [1.82, 2.24) is 0 Å². The van der Waals surface area contributed by atoms with Gasteiger partial charge in [-0.05, 0) is 19.3 Å². The Bertz CT molecular complexity index is 183. The molecule has 0 spiro atoms. The molecule has 1 saturated heterocycles. The fourth-order valence-corrected chi connectivity index (χ4v) is 1.98. The Morgan fingerprint density at radius 1 is 1.40 bits per heavy atom. The van der Waals surface area contributed by atoms with Crippen molar-refractivity contribution in [3.05, 3.63) is 0 Å². The zero-order valence-electron chi connectivity index (χ0n) is 9.72. The molecule has 0 aromatic rings. The molecule has 4 heteroatoms. The van der Waals surface area contributed by atoms with Gasteiger partial charge in [0.2, 0.25) is 0 Å². The third-order valence-electron chi connectivity index (χ3n) is 2.60. The van der Waals surface area contributed by atoms with Crippen LogP contribution in [0.25, 0.3) is 0 Å². The quantitative estimate of drug-likeness (QED) is 0.708. The summed E-state index contributed by atoms with van der Waals surface area (Å²) in [6.45, 7) is 6.40. The van der Waals surface area contributed by atoms with Crippen LogP contribution in [0.4, 0.5) is 0 Å². The fraction of sp³-hybridized carbons (Fsp3) is 1.00. The van der Waals surface area contributed by atoms with Crippen LogP contribution in [0.15, 0.2) is 0 Å². The van der Waals surface area contributed by atoms with E-state index in [2.05, 4.69) is 13.8 Å². The number of hydrogen-bond donors (Lipinski definition) is 2. The van der Waals surface area contributed by atoms with Crippen molar-refractivity contribution in [2.75, 3.05) is 13.2 Å². The highest BCUT2D eigenvalue weighted by Crippen LogP contribution is 2.21. The van der Waals surface area contributed by atoms with E-state index in [0.29, 0.717) is 5.92 Å². The second-order valence-corrected chi connectivity index (χ2v) is 4.66. The second-order valence-electron chi connectivity index (χ2n) is 4.66. The summed E-state index contributed by atoms with van der Waals surface area (Å²) in [5.41, 5.74) is 0. The first-order chi connectivity index (χ1) is 7.04. The van der Waals surface area contributed by atoms with Crippen LogP contribution in [0.3, 0.4) is 0 Å². The first-order valence-corrected chi connectivity index (χ1v) is 5.60. The summed E-state index contributed by atoms with van der Waals surface area (Å²) in [5.74, 6) is 0.562. The van der Waals surface area contributed by atoms with Gasteiger partial charge in [-0.1, -0.05) is 13.8 Å². The van der Waals surface area contributed by atoms with E-state index < -0.39 is 6.10 Å². The summed E-state index contributed by atoms with van der Waals surface area (Å²) in [6.07, 6.45) is -0.350. The first kappa shape index (κ1) is 12.9. The van der Waals surface area contributed by atoms with E-state index in [1.807, 2.05) is 6.92 Å². The van der Waals surface area contributed by atoms with Gasteiger partial charge in [-0.3, -0.25) is 0 Å². The second kappa shape index (κ2) is 5.80. The van der Waals surface area contributed by atoms with Crippen molar-refractivity contribution in [2.24, 2.45) is 5.92 Å². The van der Waals surface area contributed by atoms with Gasteiger partial charge in [0.05, 0.1) is 19.3 Å². The van der Waals surface area contributed by atoms with Gasteiger partial charge in [0.15, 0.2) is 0 Å². The summed E-state index contributed by atoms with van der Waals surface area (Å²) in [4.78, 5) is 0. The molecular formula is C11H22O4. The molecule has 0 radical (unpaired) electrons. The van der Waals surface area contributed by atoms with Crippen molar-refractivity contribution >= 4 is 0 Å². The summed E-state index contributed by atoms with van der Waals surface area (Å²) >= 11 is 0. The van der Waals surface area contributed by atoms with Gasteiger partial charge in [0.1, 0.15) is 18.3 Å². The van der Waals surface area contributed by atoms with Crippen molar-refractivity contribution < 1.29 is 19.7 Å². The van der Waals surface area contributed by atoms with Crippen molar-refractivity contribution in [1.29, 1.82) is 0 Å². The predicted molar refractivity (Wildman–Crippen MR) is 56.6 cm³/mol. The molecule has 4 nitrogen and oxygen atoms in total. The number of hydrogen-bond acceptors (Lipinski definition) is 4. The van der Waals surface area contributed by atoms with E-state index >= 15 is 0 Å². The molecule has 0 amide bonds. The maximum Gasteiger partial charge on any atom is 0.114 e. The Kier molecular flexibility index (Phi) is 4.99. The van der Waals surface area contributed by atoms with Crippen molar-refractivity contribution in [3.8, 4) is 0 Å². The molecule has 4 atom stereocenters. The van der Waals surface area contributed by atoms with E-state index in [-0.39, 0.29) is 31.5 Å². The Morgan fingerprint density at radius 3 is 2.60 bits per heavy atom. The van der Waals surface area contributed by atoms with Crippen LogP contribution in [0.2, 0.25) is 0 Å². The van der Waals surface area contributed by atoms with E-state index in [9.17, 15) is 5.11 Å². The van der Waals surface area contributed by atoms with Crippen LogP contribution < -0.4 is 0 Å². The lowest BCUT2D eigenvalue weighted by Gasteiger charge is -2.24. The smallest absolute Gasteiger partial charge is 0.114 e. The van der Waals surface area contributed by atoms with Crippen molar-refractivity contribution in [3.63, 3.8) is 0 Å². The minimum atomic E-state index is -0.614. The number of aliphatic hydroxyl groups is 2. The lowest BCUT2D eigenvalue weighted by atomic mass is 10.1. The molecule has 0 aromatic carbocycles. The highest BCUT2D eigenvalue weighted by atomic mass is 16.6. The molecular weight excluding hydrogens is 196 g/mol. The summed E-state index contributed by atoms with van der Waals surface area (Å²) in [5, 5.41) is 18.6. The van der Waals surface area contributed by atoms with Gasteiger partial charge in [-0.2, -0.15) is 0 Å². The lowest BCUT2D eigenvalue weighted by Crippen LogP contribution is -2.38. The first-order valence-electron chi connectivity index (χ1n) is 5.60. The van der Waals surface area contributed by atoms with Crippen molar-refractivity contribution in [2.45, 2.75) is 51.6 Å². The average Bonchev–Trinajstić information content (AvgIpc) is 2.46. The minimum absolute atomic E-state index is 0.0837. The molecule has 0 aromatic heterocycles. The number of rotatable bonds is 5. The Labute approximate surface area is 91.2 Å². The summed E-state index contributed by atoms with van der Waals surface area (Å²) < 4.78 is 10.9. The third-order valence-corrected chi connectivity index (χ3v) is 2.60. The fourth-order valence-electron chi connectivity index (χ4n) is 1.98. The van der Waals surface area contributed by atoms with Gasteiger partial charge in [0, 0.05) is 0 Å². The molecule has 0 unspecified atom stereocenters. The molecule has 0 aliphatic carbocycles. The van der Waals surface area contributed by atoms with Crippen LogP contribution in [0.1, 0.15) is 27.2 Å². The Hall–Kier alpha value is -0.160. The zero-order chi connectivity index (χ0) is 11.4. The Balaban J connectivity index is 2.41. The van der Waals surface area contributed by atoms with E-state index in [1.54, 1.807) is 0 Å². The lowest BCUT2D eigenvalue weighted by molar-refractivity contribution is -0.0875. The van der Waals surface area contributed by atoms with Gasteiger partial charge in [-0.15, -0.1) is 0 Å². The maximum absolute atomic E-state index is 9.61. The molecule has 1 aliphatic rings. The molecule has 90 valence electrons. The summed E-state index contributed by atoms with van der Waals surface area (Å²) in [6, 6.07) is 0. The van der Waals surface area contributed by atoms with Crippen LogP contribution in [0.5, 0.6) is 0 Å². The molecule has 0 saturated carbocycles. The Morgan fingerprint density at radius 2 is 2.07 bits per heavy atom. The SMILES string of the molecule is CC(C)C[C@@H](C)O[C@H]1[C@H](O)CO[C@H]1CO. The average molecular weight is 218 g/mol. The summed E-state index contributed by atoms with van der Waals surface area (Å²) in [7, 11) is 0. The van der Waals surface area contributed by atoms with Gasteiger partial charge >= 0.3 is 0 Å². The number of aliphatic hydroxyl groups excluding tert-OH is 2. The highest BCUT2D eigenvalue weighted by molar-refractivity contribution is 4.85.